The van der Waals surface area contributed by atoms with Crippen molar-refractivity contribution in [1.82, 2.24) is 4.31 Å². The molecule has 0 spiro atoms. The van der Waals surface area contributed by atoms with Crippen molar-refractivity contribution in [3.8, 4) is 0 Å². The summed E-state index contributed by atoms with van der Waals surface area (Å²) in [5, 5.41) is 9.14. The lowest BCUT2D eigenvalue weighted by atomic mass is 10.2. The van der Waals surface area contributed by atoms with Crippen LogP contribution >= 0.6 is 23.2 Å². The third kappa shape index (κ3) is 5.76. The molecular weight excluding hydrogens is 435 g/mol. The summed E-state index contributed by atoms with van der Waals surface area (Å²) in [5.74, 6) is 0. The fourth-order valence-electron chi connectivity index (χ4n) is 2.70. The molecule has 158 valence electrons. The maximum Gasteiger partial charge on any atom is 0.323 e. The molecule has 0 fully saturated rings. The van der Waals surface area contributed by atoms with Gasteiger partial charge in [-0.05, 0) is 43.3 Å². The molecular formula is C19H24Cl2N4O3S. The van der Waals surface area contributed by atoms with Crippen molar-refractivity contribution in [1.29, 1.82) is 0 Å². The fraction of sp³-hybridized carbons (Fsp3) is 0.316. The number of anilines is 3. The van der Waals surface area contributed by atoms with E-state index in [4.69, 9.17) is 23.2 Å². The average Bonchev–Trinajstić information content (AvgIpc) is 2.67. The largest absolute Gasteiger partial charge is 0.384 e. The van der Waals surface area contributed by atoms with Crippen molar-refractivity contribution in [3.05, 3.63) is 46.4 Å². The van der Waals surface area contributed by atoms with Gasteiger partial charge in [-0.25, -0.2) is 13.2 Å². The summed E-state index contributed by atoms with van der Waals surface area (Å²) in [6.07, 6.45) is 0. The highest BCUT2D eigenvalue weighted by Gasteiger charge is 2.23. The molecule has 0 aliphatic rings. The number of nitrogens with one attached hydrogen (secondary N) is 3. The standard InChI is InChI=1S/C19H24Cl2N4O3S/c1-4-22-17-10-8-14(29(27,28)25(5-2)6-3)12-18(17)24-19(26)23-13-7-9-15(20)16(21)11-13/h7-12,22H,4-6H2,1-3H3,(H2,23,24,26). The summed E-state index contributed by atoms with van der Waals surface area (Å²) in [7, 11) is -3.66. The molecule has 3 N–H and O–H groups in total. The van der Waals surface area contributed by atoms with Crippen LogP contribution in [0, 0.1) is 0 Å². The number of hydrogen-bond acceptors (Lipinski definition) is 4. The number of benzene rings is 2. The molecule has 0 aliphatic carbocycles. The number of urea groups is 1. The lowest BCUT2D eigenvalue weighted by molar-refractivity contribution is 0.262. The van der Waals surface area contributed by atoms with Crippen molar-refractivity contribution < 1.29 is 13.2 Å². The minimum atomic E-state index is -3.66. The second-order valence-corrected chi connectivity index (χ2v) is 8.79. The van der Waals surface area contributed by atoms with Gasteiger partial charge in [-0.2, -0.15) is 4.31 Å². The first-order chi connectivity index (χ1) is 13.7. The van der Waals surface area contributed by atoms with Crippen molar-refractivity contribution in [2.75, 3.05) is 35.6 Å². The van der Waals surface area contributed by atoms with E-state index in [0.29, 0.717) is 46.7 Å². The molecule has 2 amide bonds. The zero-order chi connectivity index (χ0) is 21.6. The van der Waals surface area contributed by atoms with E-state index < -0.39 is 16.1 Å². The molecule has 0 aromatic heterocycles. The number of carbonyl (C=O) groups excluding carboxylic acids is 1. The van der Waals surface area contributed by atoms with E-state index in [2.05, 4.69) is 16.0 Å². The molecule has 0 atom stereocenters. The molecule has 0 saturated carbocycles. The van der Waals surface area contributed by atoms with Gasteiger partial charge in [0.05, 0.1) is 26.3 Å². The van der Waals surface area contributed by atoms with Crippen LogP contribution in [0.5, 0.6) is 0 Å². The van der Waals surface area contributed by atoms with E-state index in [1.54, 1.807) is 32.0 Å². The van der Waals surface area contributed by atoms with Crippen molar-refractivity contribution in [2.24, 2.45) is 0 Å². The van der Waals surface area contributed by atoms with Crippen LogP contribution in [0.15, 0.2) is 41.3 Å². The molecule has 0 radical (unpaired) electrons. The summed E-state index contributed by atoms with van der Waals surface area (Å²) in [4.78, 5) is 12.6. The minimum Gasteiger partial charge on any atom is -0.384 e. The first-order valence-electron chi connectivity index (χ1n) is 9.14. The third-order valence-corrected chi connectivity index (χ3v) is 6.91. The second kappa shape index (κ2) is 10.2. The number of rotatable bonds is 8. The Labute approximate surface area is 181 Å². The molecule has 0 unspecified atom stereocenters. The summed E-state index contributed by atoms with van der Waals surface area (Å²) in [6.45, 7) is 6.77. The minimum absolute atomic E-state index is 0.104. The summed E-state index contributed by atoms with van der Waals surface area (Å²) >= 11 is 11.8. The molecule has 0 saturated heterocycles. The van der Waals surface area contributed by atoms with E-state index in [0.717, 1.165) is 0 Å². The monoisotopic (exact) mass is 458 g/mol. The van der Waals surface area contributed by atoms with Crippen molar-refractivity contribution in [3.63, 3.8) is 0 Å². The predicted octanol–water partition coefficient (Wildman–Crippen LogP) is 5.10. The first kappa shape index (κ1) is 23.3. The molecule has 10 heteroatoms. The fourth-order valence-corrected chi connectivity index (χ4v) is 4.49. The highest BCUT2D eigenvalue weighted by Crippen LogP contribution is 2.28. The molecule has 2 rings (SSSR count). The Morgan fingerprint density at radius 1 is 0.931 bits per heavy atom. The molecule has 0 bridgehead atoms. The Balaban J connectivity index is 2.31. The quantitative estimate of drug-likeness (QED) is 0.512. The van der Waals surface area contributed by atoms with Crippen LogP contribution in [0.4, 0.5) is 21.9 Å². The Morgan fingerprint density at radius 2 is 1.62 bits per heavy atom. The Bertz CT molecular complexity index is 979. The van der Waals surface area contributed by atoms with E-state index in [9.17, 15) is 13.2 Å². The Kier molecular flexibility index (Phi) is 8.15. The van der Waals surface area contributed by atoms with Gasteiger partial charge in [0.25, 0.3) is 0 Å². The Morgan fingerprint density at radius 3 is 2.21 bits per heavy atom. The average molecular weight is 459 g/mol. The lowest BCUT2D eigenvalue weighted by Gasteiger charge is -2.20. The predicted molar refractivity (Wildman–Crippen MR) is 120 cm³/mol. The van der Waals surface area contributed by atoms with Gasteiger partial charge < -0.3 is 16.0 Å². The van der Waals surface area contributed by atoms with Crippen molar-refractivity contribution >= 4 is 56.3 Å². The van der Waals surface area contributed by atoms with Crippen LogP contribution in [0.1, 0.15) is 20.8 Å². The van der Waals surface area contributed by atoms with E-state index >= 15 is 0 Å². The van der Waals surface area contributed by atoms with Crippen LogP contribution in [-0.2, 0) is 10.0 Å². The van der Waals surface area contributed by atoms with Crippen LogP contribution in [0.3, 0.4) is 0 Å². The van der Waals surface area contributed by atoms with Gasteiger partial charge >= 0.3 is 6.03 Å². The molecule has 2 aromatic rings. The molecule has 7 nitrogen and oxygen atoms in total. The summed E-state index contributed by atoms with van der Waals surface area (Å²) in [5.41, 5.74) is 1.40. The highest BCUT2D eigenvalue weighted by atomic mass is 35.5. The molecule has 0 aliphatic heterocycles. The van der Waals surface area contributed by atoms with Crippen LogP contribution in [0.2, 0.25) is 10.0 Å². The first-order valence-corrected chi connectivity index (χ1v) is 11.3. The maximum absolute atomic E-state index is 12.8. The summed E-state index contributed by atoms with van der Waals surface area (Å²) < 4.78 is 27.0. The molecule has 0 heterocycles. The van der Waals surface area contributed by atoms with Gasteiger partial charge in [-0.3, -0.25) is 0 Å². The van der Waals surface area contributed by atoms with Gasteiger partial charge in [0, 0.05) is 25.3 Å². The second-order valence-electron chi connectivity index (χ2n) is 6.04. The zero-order valence-corrected chi connectivity index (χ0v) is 18.7. The topological polar surface area (TPSA) is 90.5 Å². The van der Waals surface area contributed by atoms with E-state index in [1.165, 1.54) is 22.5 Å². The number of halogens is 2. The van der Waals surface area contributed by atoms with Gasteiger partial charge in [0.15, 0.2) is 0 Å². The van der Waals surface area contributed by atoms with E-state index in [1.807, 2.05) is 6.92 Å². The van der Waals surface area contributed by atoms with Crippen molar-refractivity contribution in [2.45, 2.75) is 25.7 Å². The lowest BCUT2D eigenvalue weighted by Crippen LogP contribution is -2.30. The van der Waals surface area contributed by atoms with E-state index in [-0.39, 0.29) is 4.90 Å². The Hall–Kier alpha value is -2.00. The van der Waals surface area contributed by atoms with Gasteiger partial charge in [0.1, 0.15) is 0 Å². The number of hydrogen-bond donors (Lipinski definition) is 3. The smallest absolute Gasteiger partial charge is 0.323 e. The number of sulfonamides is 1. The zero-order valence-electron chi connectivity index (χ0n) is 16.4. The molecule has 29 heavy (non-hydrogen) atoms. The van der Waals surface area contributed by atoms with Crippen LogP contribution in [-0.4, -0.2) is 38.4 Å². The van der Waals surface area contributed by atoms with Gasteiger partial charge in [0.2, 0.25) is 10.0 Å². The third-order valence-electron chi connectivity index (χ3n) is 4.13. The number of amides is 2. The van der Waals surface area contributed by atoms with Gasteiger partial charge in [-0.1, -0.05) is 37.0 Å². The van der Waals surface area contributed by atoms with Gasteiger partial charge in [-0.15, -0.1) is 0 Å². The normalized spacial score (nSPS) is 11.4. The highest BCUT2D eigenvalue weighted by molar-refractivity contribution is 7.89. The molecule has 2 aromatic carbocycles. The number of carbonyl (C=O) groups is 1. The summed E-state index contributed by atoms with van der Waals surface area (Å²) in [6, 6.07) is 8.76. The van der Waals surface area contributed by atoms with Crippen LogP contribution in [0.25, 0.3) is 0 Å². The maximum atomic E-state index is 12.8. The SMILES string of the molecule is CCNc1ccc(S(=O)(=O)N(CC)CC)cc1NC(=O)Nc1ccc(Cl)c(Cl)c1. The number of nitrogens with zero attached hydrogens (tertiary/aromatic N) is 1. The van der Waals surface area contributed by atoms with Crippen LogP contribution < -0.4 is 16.0 Å².